The Bertz CT molecular complexity index is 314. The van der Waals surface area contributed by atoms with E-state index in [0.29, 0.717) is 5.76 Å². The quantitative estimate of drug-likeness (QED) is 0.745. The van der Waals surface area contributed by atoms with Gasteiger partial charge in [0.1, 0.15) is 12.4 Å². The summed E-state index contributed by atoms with van der Waals surface area (Å²) >= 11 is 0. The van der Waals surface area contributed by atoms with Crippen LogP contribution in [0.1, 0.15) is 5.76 Å². The van der Waals surface area contributed by atoms with Crippen LogP contribution in [0.25, 0.3) is 6.08 Å². The zero-order valence-electron chi connectivity index (χ0n) is 7.60. The topological polar surface area (TPSA) is 51.5 Å². The average Bonchev–Trinajstić information content (AvgIpc) is 2.67. The molecular formula is C10H11NO3. The van der Waals surface area contributed by atoms with Gasteiger partial charge >= 0.3 is 6.09 Å². The van der Waals surface area contributed by atoms with Crippen LogP contribution in [-0.2, 0) is 4.74 Å². The van der Waals surface area contributed by atoms with E-state index in [-0.39, 0.29) is 6.61 Å². The first-order valence-corrected chi connectivity index (χ1v) is 4.07. The van der Waals surface area contributed by atoms with Crippen molar-refractivity contribution in [1.82, 2.24) is 5.32 Å². The monoisotopic (exact) mass is 193 g/mol. The molecule has 1 amide bonds. The fourth-order valence-electron chi connectivity index (χ4n) is 0.754. The Balaban J connectivity index is 2.26. The van der Waals surface area contributed by atoms with Crippen molar-refractivity contribution < 1.29 is 13.9 Å². The summed E-state index contributed by atoms with van der Waals surface area (Å²) in [5.74, 6) is 0.661. The molecule has 1 rings (SSSR count). The molecule has 0 aliphatic heterocycles. The summed E-state index contributed by atoms with van der Waals surface area (Å²) in [5, 5.41) is 2.41. The standard InChI is InChI=1S/C10H11NO3/c1-2-7-14-10(12)11-6-5-9-4-3-8-13-9/h2-6,8H,1,7H2,(H,11,12). The Morgan fingerprint density at radius 3 is 3.21 bits per heavy atom. The van der Waals surface area contributed by atoms with Crippen molar-refractivity contribution in [2.75, 3.05) is 6.61 Å². The molecule has 0 fully saturated rings. The normalized spacial score (nSPS) is 10.0. The number of hydrogen-bond donors (Lipinski definition) is 1. The maximum absolute atomic E-state index is 10.9. The third kappa shape index (κ3) is 3.62. The van der Waals surface area contributed by atoms with Gasteiger partial charge in [-0.15, -0.1) is 0 Å². The van der Waals surface area contributed by atoms with Crippen LogP contribution in [0.3, 0.4) is 0 Å². The van der Waals surface area contributed by atoms with Crippen LogP contribution >= 0.6 is 0 Å². The van der Waals surface area contributed by atoms with Gasteiger partial charge in [-0.2, -0.15) is 0 Å². The van der Waals surface area contributed by atoms with E-state index in [2.05, 4.69) is 16.6 Å². The Morgan fingerprint density at radius 2 is 2.57 bits per heavy atom. The van der Waals surface area contributed by atoms with E-state index in [1.54, 1.807) is 24.5 Å². The van der Waals surface area contributed by atoms with Crippen molar-refractivity contribution in [1.29, 1.82) is 0 Å². The number of alkyl carbamates (subject to hydrolysis) is 1. The summed E-state index contributed by atoms with van der Waals surface area (Å²) in [6.07, 6.45) is 5.60. The largest absolute Gasteiger partial charge is 0.465 e. The number of carbonyl (C=O) groups excluding carboxylic acids is 1. The molecule has 4 heteroatoms. The van der Waals surface area contributed by atoms with E-state index in [4.69, 9.17) is 4.42 Å². The molecule has 0 aliphatic rings. The van der Waals surface area contributed by atoms with Crippen LogP contribution in [0.4, 0.5) is 4.79 Å². The van der Waals surface area contributed by atoms with Crippen molar-refractivity contribution in [3.63, 3.8) is 0 Å². The number of nitrogens with one attached hydrogen (secondary N) is 1. The predicted octanol–water partition coefficient (Wildman–Crippen LogP) is 2.16. The molecule has 0 unspecified atom stereocenters. The zero-order valence-corrected chi connectivity index (χ0v) is 7.60. The Morgan fingerprint density at radius 1 is 1.71 bits per heavy atom. The zero-order chi connectivity index (χ0) is 10.2. The number of carbonyl (C=O) groups is 1. The lowest BCUT2D eigenvalue weighted by atomic mass is 10.4. The minimum Gasteiger partial charge on any atom is -0.465 e. The smallest absolute Gasteiger partial charge is 0.411 e. The Hall–Kier alpha value is -1.97. The molecule has 14 heavy (non-hydrogen) atoms. The molecule has 1 aromatic heterocycles. The van der Waals surface area contributed by atoms with Gasteiger partial charge < -0.3 is 9.15 Å². The van der Waals surface area contributed by atoms with Crippen LogP contribution in [0.15, 0.2) is 41.7 Å². The maximum atomic E-state index is 10.9. The van der Waals surface area contributed by atoms with E-state index in [1.165, 1.54) is 12.3 Å². The van der Waals surface area contributed by atoms with E-state index < -0.39 is 6.09 Å². The molecule has 0 radical (unpaired) electrons. The maximum Gasteiger partial charge on any atom is 0.411 e. The number of ether oxygens (including phenoxy) is 1. The fraction of sp³-hybridized carbons (Fsp3) is 0.100. The summed E-state index contributed by atoms with van der Waals surface area (Å²) in [5.41, 5.74) is 0. The van der Waals surface area contributed by atoms with Crippen LogP contribution in [0.2, 0.25) is 0 Å². The second-order valence-electron chi connectivity index (χ2n) is 2.38. The summed E-state index contributed by atoms with van der Waals surface area (Å²) < 4.78 is 9.66. The van der Waals surface area contributed by atoms with Crippen LogP contribution in [0.5, 0.6) is 0 Å². The van der Waals surface area contributed by atoms with Gasteiger partial charge in [0.2, 0.25) is 0 Å². The van der Waals surface area contributed by atoms with Gasteiger partial charge in [0.15, 0.2) is 0 Å². The van der Waals surface area contributed by atoms with Gasteiger partial charge in [-0.3, -0.25) is 5.32 Å². The van der Waals surface area contributed by atoms with Gasteiger partial charge in [-0.25, -0.2) is 4.79 Å². The third-order valence-electron chi connectivity index (χ3n) is 1.32. The molecule has 74 valence electrons. The van der Waals surface area contributed by atoms with E-state index >= 15 is 0 Å². The summed E-state index contributed by atoms with van der Waals surface area (Å²) in [6.45, 7) is 3.61. The van der Waals surface area contributed by atoms with Gasteiger partial charge in [0.25, 0.3) is 0 Å². The summed E-state index contributed by atoms with van der Waals surface area (Å²) in [4.78, 5) is 10.9. The molecule has 4 nitrogen and oxygen atoms in total. The van der Waals surface area contributed by atoms with Crippen LogP contribution in [-0.4, -0.2) is 12.7 Å². The lowest BCUT2D eigenvalue weighted by Gasteiger charge is -1.98. The molecule has 0 atom stereocenters. The molecule has 1 aromatic rings. The predicted molar refractivity (Wildman–Crippen MR) is 52.4 cm³/mol. The van der Waals surface area contributed by atoms with E-state index in [0.717, 1.165) is 0 Å². The average molecular weight is 193 g/mol. The number of rotatable bonds is 4. The molecule has 0 aromatic carbocycles. The molecule has 0 saturated carbocycles. The van der Waals surface area contributed by atoms with Gasteiger partial charge in [0, 0.05) is 6.20 Å². The molecule has 0 bridgehead atoms. The van der Waals surface area contributed by atoms with Crippen molar-refractivity contribution in [3.05, 3.63) is 43.0 Å². The molecule has 1 heterocycles. The van der Waals surface area contributed by atoms with Gasteiger partial charge in [-0.05, 0) is 18.2 Å². The molecule has 1 N–H and O–H groups in total. The highest BCUT2D eigenvalue weighted by molar-refractivity contribution is 5.69. The summed E-state index contributed by atoms with van der Waals surface area (Å²) in [6, 6.07) is 3.53. The molecular weight excluding hydrogens is 182 g/mol. The first kappa shape index (κ1) is 10.1. The first-order chi connectivity index (χ1) is 6.83. The van der Waals surface area contributed by atoms with E-state index in [9.17, 15) is 4.79 Å². The highest BCUT2D eigenvalue weighted by atomic mass is 16.5. The van der Waals surface area contributed by atoms with Crippen molar-refractivity contribution in [3.8, 4) is 0 Å². The SMILES string of the molecule is C=CCOC(=O)NC=Cc1ccco1. The third-order valence-corrected chi connectivity index (χ3v) is 1.32. The van der Waals surface area contributed by atoms with Crippen molar-refractivity contribution in [2.45, 2.75) is 0 Å². The number of amides is 1. The summed E-state index contributed by atoms with van der Waals surface area (Å²) in [7, 11) is 0. The van der Waals surface area contributed by atoms with E-state index in [1.807, 2.05) is 0 Å². The Kier molecular flexibility index (Phi) is 4.07. The second-order valence-corrected chi connectivity index (χ2v) is 2.38. The van der Waals surface area contributed by atoms with Gasteiger partial charge in [0.05, 0.1) is 6.26 Å². The molecule has 0 spiro atoms. The molecule has 0 aliphatic carbocycles. The highest BCUT2D eigenvalue weighted by Crippen LogP contribution is 2.00. The fourth-order valence-corrected chi connectivity index (χ4v) is 0.754. The highest BCUT2D eigenvalue weighted by Gasteiger charge is 1.95. The Labute approximate surface area is 81.9 Å². The lowest BCUT2D eigenvalue weighted by molar-refractivity contribution is 0.162. The van der Waals surface area contributed by atoms with Crippen molar-refractivity contribution in [2.24, 2.45) is 0 Å². The van der Waals surface area contributed by atoms with Crippen LogP contribution < -0.4 is 5.32 Å². The number of hydrogen-bond acceptors (Lipinski definition) is 3. The van der Waals surface area contributed by atoms with Gasteiger partial charge in [-0.1, -0.05) is 12.7 Å². The number of furan rings is 1. The minimum absolute atomic E-state index is 0.195. The lowest BCUT2D eigenvalue weighted by Crippen LogP contribution is -2.18. The first-order valence-electron chi connectivity index (χ1n) is 4.07. The van der Waals surface area contributed by atoms with Crippen molar-refractivity contribution >= 4 is 12.2 Å². The molecule has 0 saturated heterocycles. The second kappa shape index (κ2) is 5.64. The van der Waals surface area contributed by atoms with Crippen LogP contribution in [0, 0.1) is 0 Å². The minimum atomic E-state index is -0.521.